The van der Waals surface area contributed by atoms with Gasteiger partial charge in [-0.3, -0.25) is 9.69 Å². The molecule has 1 aromatic rings. The molecule has 2 rings (SSSR count). The topological polar surface area (TPSA) is 53.4 Å². The molecule has 0 aromatic carbocycles. The minimum absolute atomic E-state index is 0.315. The molecule has 0 radical (unpaired) electrons. The van der Waals surface area contributed by atoms with Gasteiger partial charge in [0.05, 0.1) is 12.2 Å². The molecule has 1 fully saturated rings. The maximum absolute atomic E-state index is 10.6. The molecule has 1 aliphatic rings. The molecule has 1 aliphatic heterocycles. The van der Waals surface area contributed by atoms with E-state index in [-0.39, 0.29) is 0 Å². The van der Waals surface area contributed by atoms with Gasteiger partial charge < -0.3 is 5.11 Å². The highest BCUT2D eigenvalue weighted by atomic mass is 32.1. The zero-order valence-corrected chi connectivity index (χ0v) is 12.5. The lowest BCUT2D eigenvalue weighted by atomic mass is 9.92. The van der Waals surface area contributed by atoms with Gasteiger partial charge in [0.1, 0.15) is 5.01 Å². The molecule has 0 spiro atoms. The third-order valence-electron chi connectivity index (χ3n) is 3.91. The van der Waals surface area contributed by atoms with Gasteiger partial charge in [-0.1, -0.05) is 0 Å². The van der Waals surface area contributed by atoms with Gasteiger partial charge in [0.25, 0.3) is 0 Å². The maximum Gasteiger partial charge on any atom is 0.303 e. The molecule has 2 heterocycles. The summed E-state index contributed by atoms with van der Waals surface area (Å²) in [4.78, 5) is 18.9. The standard InChI is InChI=1S/C14H22N2O2S/c1-10-11(2)19-13(15-10)9-16-7-5-12(6-8-16)3-4-14(17)18/h12H,3-9H2,1-2H3,(H,17,18). The SMILES string of the molecule is Cc1nc(CN2CCC(CCC(=O)O)CC2)sc1C. The molecule has 0 atom stereocenters. The van der Waals surface area contributed by atoms with Crippen molar-refractivity contribution in [3.63, 3.8) is 0 Å². The van der Waals surface area contributed by atoms with E-state index in [1.54, 1.807) is 11.3 Å². The molecule has 5 heteroatoms. The molecule has 19 heavy (non-hydrogen) atoms. The highest BCUT2D eigenvalue weighted by Crippen LogP contribution is 2.24. The normalized spacial score (nSPS) is 17.8. The van der Waals surface area contributed by atoms with Crippen LogP contribution in [-0.2, 0) is 11.3 Å². The molecule has 1 saturated heterocycles. The minimum Gasteiger partial charge on any atom is -0.481 e. The van der Waals surface area contributed by atoms with Gasteiger partial charge in [-0.05, 0) is 52.1 Å². The highest BCUT2D eigenvalue weighted by Gasteiger charge is 2.20. The quantitative estimate of drug-likeness (QED) is 0.902. The van der Waals surface area contributed by atoms with Crippen LogP contribution >= 0.6 is 11.3 Å². The van der Waals surface area contributed by atoms with Crippen molar-refractivity contribution in [1.29, 1.82) is 0 Å². The van der Waals surface area contributed by atoms with E-state index in [4.69, 9.17) is 5.11 Å². The first-order valence-electron chi connectivity index (χ1n) is 6.91. The first kappa shape index (κ1) is 14.5. The second kappa shape index (κ2) is 6.48. The Kier molecular flexibility index (Phi) is 4.93. The summed E-state index contributed by atoms with van der Waals surface area (Å²) < 4.78 is 0. The number of hydrogen-bond donors (Lipinski definition) is 1. The van der Waals surface area contributed by atoms with Crippen LogP contribution in [0.25, 0.3) is 0 Å². The van der Waals surface area contributed by atoms with E-state index in [0.717, 1.165) is 44.6 Å². The number of carbonyl (C=O) groups is 1. The third kappa shape index (κ3) is 4.28. The molecular weight excluding hydrogens is 260 g/mol. The summed E-state index contributed by atoms with van der Waals surface area (Å²) in [5, 5.41) is 9.91. The van der Waals surface area contributed by atoms with Crippen LogP contribution in [0.1, 0.15) is 41.3 Å². The van der Waals surface area contributed by atoms with Gasteiger partial charge in [-0.2, -0.15) is 0 Å². The number of carboxylic acid groups (broad SMARTS) is 1. The second-order valence-electron chi connectivity index (χ2n) is 5.40. The molecule has 4 nitrogen and oxygen atoms in total. The number of thiazole rings is 1. The predicted molar refractivity (Wildman–Crippen MR) is 76.5 cm³/mol. The van der Waals surface area contributed by atoms with Crippen LogP contribution < -0.4 is 0 Å². The average Bonchev–Trinajstić information content (AvgIpc) is 2.67. The number of aromatic nitrogens is 1. The smallest absolute Gasteiger partial charge is 0.303 e. The van der Waals surface area contributed by atoms with Gasteiger partial charge in [-0.15, -0.1) is 11.3 Å². The van der Waals surface area contributed by atoms with Gasteiger partial charge in [0.2, 0.25) is 0 Å². The Morgan fingerprint density at radius 3 is 2.63 bits per heavy atom. The maximum atomic E-state index is 10.6. The van der Waals surface area contributed by atoms with Crippen LogP contribution in [0.3, 0.4) is 0 Å². The number of piperidine rings is 1. The van der Waals surface area contributed by atoms with E-state index in [1.807, 2.05) is 0 Å². The first-order chi connectivity index (χ1) is 9.04. The zero-order chi connectivity index (χ0) is 13.8. The number of rotatable bonds is 5. The molecule has 0 saturated carbocycles. The lowest BCUT2D eigenvalue weighted by molar-refractivity contribution is -0.137. The van der Waals surface area contributed by atoms with Crippen LogP contribution in [0.5, 0.6) is 0 Å². The third-order valence-corrected chi connectivity index (χ3v) is 4.96. The minimum atomic E-state index is -0.670. The predicted octanol–water partition coefficient (Wildman–Crippen LogP) is 2.84. The van der Waals surface area contributed by atoms with Gasteiger partial charge in [0, 0.05) is 11.3 Å². The van der Waals surface area contributed by atoms with Crippen molar-refractivity contribution >= 4 is 17.3 Å². The van der Waals surface area contributed by atoms with E-state index in [0.29, 0.717) is 12.3 Å². The summed E-state index contributed by atoms with van der Waals surface area (Å²) in [6, 6.07) is 0. The van der Waals surface area contributed by atoms with Gasteiger partial charge in [-0.25, -0.2) is 4.98 Å². The van der Waals surface area contributed by atoms with Crippen molar-refractivity contribution in [2.45, 2.75) is 46.1 Å². The number of aliphatic carboxylic acids is 1. The lowest BCUT2D eigenvalue weighted by Crippen LogP contribution is -2.33. The second-order valence-corrected chi connectivity index (χ2v) is 6.69. The first-order valence-corrected chi connectivity index (χ1v) is 7.73. The molecule has 0 bridgehead atoms. The average molecular weight is 282 g/mol. The van der Waals surface area contributed by atoms with Crippen molar-refractivity contribution < 1.29 is 9.90 Å². The van der Waals surface area contributed by atoms with Crippen LogP contribution in [0.15, 0.2) is 0 Å². The lowest BCUT2D eigenvalue weighted by Gasteiger charge is -2.31. The fourth-order valence-electron chi connectivity index (χ4n) is 2.56. The molecule has 0 unspecified atom stereocenters. The van der Waals surface area contributed by atoms with E-state index in [2.05, 4.69) is 23.7 Å². The van der Waals surface area contributed by atoms with Crippen molar-refractivity contribution in [3.8, 4) is 0 Å². The Hall–Kier alpha value is -0.940. The van der Waals surface area contributed by atoms with E-state index in [9.17, 15) is 4.79 Å². The van der Waals surface area contributed by atoms with E-state index < -0.39 is 5.97 Å². The summed E-state index contributed by atoms with van der Waals surface area (Å²) in [5.74, 6) is -0.0803. The van der Waals surface area contributed by atoms with E-state index >= 15 is 0 Å². The zero-order valence-electron chi connectivity index (χ0n) is 11.7. The van der Waals surface area contributed by atoms with Gasteiger partial charge in [0.15, 0.2) is 0 Å². The van der Waals surface area contributed by atoms with Crippen molar-refractivity contribution in [1.82, 2.24) is 9.88 Å². The van der Waals surface area contributed by atoms with Crippen LogP contribution in [0.2, 0.25) is 0 Å². The summed E-state index contributed by atoms with van der Waals surface area (Å²) >= 11 is 1.79. The van der Waals surface area contributed by atoms with E-state index in [1.165, 1.54) is 9.88 Å². The Labute approximate surface area is 118 Å². The number of carboxylic acids is 1. The molecule has 0 aliphatic carbocycles. The Morgan fingerprint density at radius 2 is 2.11 bits per heavy atom. The number of hydrogen-bond acceptors (Lipinski definition) is 4. The van der Waals surface area contributed by atoms with Crippen LogP contribution in [-0.4, -0.2) is 34.0 Å². The molecule has 1 aromatic heterocycles. The summed E-state index contributed by atoms with van der Waals surface area (Å²) in [7, 11) is 0. The van der Waals surface area contributed by atoms with Crippen LogP contribution in [0.4, 0.5) is 0 Å². The van der Waals surface area contributed by atoms with Crippen molar-refractivity contribution in [2.75, 3.05) is 13.1 Å². The number of nitrogens with zero attached hydrogens (tertiary/aromatic N) is 2. The Balaban J connectivity index is 1.75. The fraction of sp³-hybridized carbons (Fsp3) is 0.714. The number of likely N-dealkylation sites (tertiary alicyclic amines) is 1. The Morgan fingerprint density at radius 1 is 1.42 bits per heavy atom. The highest BCUT2D eigenvalue weighted by molar-refractivity contribution is 7.11. The summed E-state index contributed by atoms with van der Waals surface area (Å²) in [5.41, 5.74) is 1.15. The fourth-order valence-corrected chi connectivity index (χ4v) is 3.54. The van der Waals surface area contributed by atoms with Gasteiger partial charge >= 0.3 is 5.97 Å². The van der Waals surface area contributed by atoms with Crippen LogP contribution in [0, 0.1) is 19.8 Å². The van der Waals surface area contributed by atoms with Crippen molar-refractivity contribution in [2.24, 2.45) is 5.92 Å². The molecular formula is C14H22N2O2S. The summed E-state index contributed by atoms with van der Waals surface area (Å²) in [6.07, 6.45) is 3.39. The molecule has 106 valence electrons. The number of aryl methyl sites for hydroxylation is 2. The molecule has 1 N–H and O–H groups in total. The molecule has 0 amide bonds. The Bertz CT molecular complexity index is 417. The largest absolute Gasteiger partial charge is 0.481 e. The summed E-state index contributed by atoms with van der Waals surface area (Å²) in [6.45, 7) is 7.27. The van der Waals surface area contributed by atoms with Crippen molar-refractivity contribution in [3.05, 3.63) is 15.6 Å². The monoisotopic (exact) mass is 282 g/mol.